The second-order valence-electron chi connectivity index (χ2n) is 11.9. The lowest BCUT2D eigenvalue weighted by Gasteiger charge is -2.46. The minimum atomic E-state index is -0.622. The van der Waals surface area contributed by atoms with Crippen LogP contribution in [-0.4, -0.2) is 9.55 Å². The number of para-hydroxylation sites is 4. The van der Waals surface area contributed by atoms with Gasteiger partial charge in [0, 0.05) is 10.8 Å². The fourth-order valence-corrected chi connectivity index (χ4v) is 7.60. The molecule has 2 aromatic heterocycles. The molecule has 0 bridgehead atoms. The third-order valence-electron chi connectivity index (χ3n) is 9.51. The molecular weight excluding hydrogens is 573 g/mol. The Hall–Kier alpha value is -6.44. The van der Waals surface area contributed by atoms with E-state index in [4.69, 9.17) is 4.98 Å². The van der Waals surface area contributed by atoms with Crippen LogP contribution < -0.4 is 4.90 Å². The van der Waals surface area contributed by atoms with Crippen molar-refractivity contribution in [2.45, 2.75) is 5.41 Å². The molecule has 0 aliphatic carbocycles. The highest BCUT2D eigenvalue weighted by Gasteiger charge is 2.46. The topological polar surface area (TPSA) is 44.9 Å². The van der Waals surface area contributed by atoms with E-state index in [-0.39, 0.29) is 0 Å². The molecule has 1 aliphatic heterocycles. The SMILES string of the molecule is N#Cc1ccc(C2(c3ccccc3)c3ccccc3N(c3cccc(-n4c5ccccc5c5ccccc54)n3)c3ccccc32)cc1. The lowest BCUT2D eigenvalue weighted by molar-refractivity contribution is 0.730. The Morgan fingerprint density at radius 1 is 0.468 bits per heavy atom. The van der Waals surface area contributed by atoms with Crippen molar-refractivity contribution in [1.82, 2.24) is 9.55 Å². The van der Waals surface area contributed by atoms with Crippen LogP contribution in [0.4, 0.5) is 17.2 Å². The van der Waals surface area contributed by atoms with E-state index in [0.717, 1.165) is 56.3 Å². The predicted molar refractivity (Wildman–Crippen MR) is 190 cm³/mol. The number of benzene rings is 6. The second-order valence-corrected chi connectivity index (χ2v) is 11.9. The number of anilines is 3. The fraction of sp³-hybridized carbons (Fsp3) is 0.0233. The predicted octanol–water partition coefficient (Wildman–Crippen LogP) is 10.2. The number of aromatic nitrogens is 2. The minimum absolute atomic E-state index is 0.622. The largest absolute Gasteiger partial charge is 0.294 e. The van der Waals surface area contributed by atoms with Gasteiger partial charge in [-0.25, -0.2) is 4.98 Å². The molecule has 4 heteroatoms. The summed E-state index contributed by atoms with van der Waals surface area (Å²) in [6.45, 7) is 0. The summed E-state index contributed by atoms with van der Waals surface area (Å²) in [6.07, 6.45) is 0. The lowest BCUT2D eigenvalue weighted by atomic mass is 9.62. The van der Waals surface area contributed by atoms with E-state index in [1.54, 1.807) is 0 Å². The van der Waals surface area contributed by atoms with Gasteiger partial charge in [0.05, 0.1) is 39.5 Å². The maximum Gasteiger partial charge on any atom is 0.140 e. The van der Waals surface area contributed by atoms with Crippen molar-refractivity contribution in [3.63, 3.8) is 0 Å². The van der Waals surface area contributed by atoms with Crippen LogP contribution in [0.1, 0.15) is 27.8 Å². The molecular formula is C43H28N4. The molecule has 0 fully saturated rings. The summed E-state index contributed by atoms with van der Waals surface area (Å²) in [5, 5.41) is 12.1. The van der Waals surface area contributed by atoms with Gasteiger partial charge < -0.3 is 0 Å². The summed E-state index contributed by atoms with van der Waals surface area (Å²) >= 11 is 0. The van der Waals surface area contributed by atoms with Gasteiger partial charge >= 0.3 is 0 Å². The van der Waals surface area contributed by atoms with E-state index in [1.807, 2.05) is 12.1 Å². The first-order valence-electron chi connectivity index (χ1n) is 15.8. The minimum Gasteiger partial charge on any atom is -0.294 e. The van der Waals surface area contributed by atoms with Crippen molar-refractivity contribution < 1.29 is 0 Å². The third-order valence-corrected chi connectivity index (χ3v) is 9.51. The van der Waals surface area contributed by atoms with Crippen molar-refractivity contribution in [2.24, 2.45) is 0 Å². The highest BCUT2D eigenvalue weighted by atomic mass is 15.2. The van der Waals surface area contributed by atoms with E-state index >= 15 is 0 Å². The molecule has 0 saturated carbocycles. The summed E-state index contributed by atoms with van der Waals surface area (Å²) in [5.41, 5.74) is 8.97. The Bertz CT molecular complexity index is 2380. The average molecular weight is 601 g/mol. The van der Waals surface area contributed by atoms with Gasteiger partial charge in [0.15, 0.2) is 0 Å². The molecule has 1 aliphatic rings. The van der Waals surface area contributed by atoms with Gasteiger partial charge in [0.1, 0.15) is 11.6 Å². The van der Waals surface area contributed by atoms with Crippen molar-refractivity contribution in [3.8, 4) is 11.9 Å². The number of rotatable bonds is 4. The van der Waals surface area contributed by atoms with E-state index in [0.29, 0.717) is 5.56 Å². The second kappa shape index (κ2) is 10.6. The highest BCUT2D eigenvalue weighted by Crippen LogP contribution is 2.57. The molecule has 0 spiro atoms. The number of hydrogen-bond donors (Lipinski definition) is 0. The highest BCUT2D eigenvalue weighted by molar-refractivity contribution is 6.09. The van der Waals surface area contributed by atoms with Crippen molar-refractivity contribution in [2.75, 3.05) is 4.90 Å². The Labute approximate surface area is 273 Å². The molecule has 0 saturated heterocycles. The van der Waals surface area contributed by atoms with E-state index < -0.39 is 5.41 Å². The number of nitrogens with zero attached hydrogens (tertiary/aromatic N) is 4. The zero-order chi connectivity index (χ0) is 31.4. The lowest BCUT2D eigenvalue weighted by Crippen LogP contribution is -2.37. The van der Waals surface area contributed by atoms with E-state index in [1.165, 1.54) is 10.8 Å². The van der Waals surface area contributed by atoms with Crippen LogP contribution in [-0.2, 0) is 5.41 Å². The van der Waals surface area contributed by atoms with Gasteiger partial charge in [-0.2, -0.15) is 5.26 Å². The molecule has 4 nitrogen and oxygen atoms in total. The maximum absolute atomic E-state index is 9.64. The summed E-state index contributed by atoms with van der Waals surface area (Å²) in [4.78, 5) is 7.70. The molecule has 0 amide bonds. The number of pyridine rings is 1. The normalized spacial score (nSPS) is 13.2. The zero-order valence-corrected chi connectivity index (χ0v) is 25.5. The summed E-state index contributed by atoms with van der Waals surface area (Å²) in [7, 11) is 0. The number of nitriles is 1. The maximum atomic E-state index is 9.64. The molecule has 47 heavy (non-hydrogen) atoms. The summed E-state index contributed by atoms with van der Waals surface area (Å²) < 4.78 is 2.26. The van der Waals surface area contributed by atoms with Gasteiger partial charge in [-0.3, -0.25) is 9.47 Å². The van der Waals surface area contributed by atoms with Crippen LogP contribution >= 0.6 is 0 Å². The molecule has 220 valence electrons. The van der Waals surface area contributed by atoms with Gasteiger partial charge in [0.25, 0.3) is 0 Å². The summed E-state index contributed by atoms with van der Waals surface area (Å²) in [5.74, 6) is 1.70. The van der Waals surface area contributed by atoms with Crippen LogP contribution in [0, 0.1) is 11.3 Å². The number of hydrogen-bond acceptors (Lipinski definition) is 3. The van der Waals surface area contributed by atoms with Gasteiger partial charge in [-0.05, 0) is 70.8 Å². The molecule has 0 atom stereocenters. The molecule has 0 radical (unpaired) electrons. The number of fused-ring (bicyclic) bond motifs is 5. The van der Waals surface area contributed by atoms with Crippen molar-refractivity contribution in [3.05, 3.63) is 198 Å². The Morgan fingerprint density at radius 3 is 1.60 bits per heavy atom. The standard InChI is InChI=1S/C43H28N4/c44-29-30-25-27-32(28-26-30)43(31-13-2-1-3-14-31)35-17-6-10-21-39(35)47(40-22-11-7-18-36(40)43)42-24-12-23-41(45-42)46-37-19-8-4-15-33(37)34-16-5-9-20-38(34)46/h1-28H. The van der Waals surface area contributed by atoms with Gasteiger partial charge in [-0.1, -0.05) is 121 Å². The van der Waals surface area contributed by atoms with Gasteiger partial charge in [-0.15, -0.1) is 0 Å². The first-order chi connectivity index (χ1) is 23.3. The molecule has 0 unspecified atom stereocenters. The first-order valence-corrected chi connectivity index (χ1v) is 15.8. The Kier molecular flexibility index (Phi) is 6.06. The smallest absolute Gasteiger partial charge is 0.140 e. The van der Waals surface area contributed by atoms with Gasteiger partial charge in [0.2, 0.25) is 0 Å². The van der Waals surface area contributed by atoms with Crippen LogP contribution in [0.3, 0.4) is 0 Å². The monoisotopic (exact) mass is 600 g/mol. The van der Waals surface area contributed by atoms with Crippen LogP contribution in [0.5, 0.6) is 0 Å². The van der Waals surface area contributed by atoms with Crippen molar-refractivity contribution >= 4 is 39.0 Å². The van der Waals surface area contributed by atoms with Crippen LogP contribution in [0.2, 0.25) is 0 Å². The van der Waals surface area contributed by atoms with E-state index in [9.17, 15) is 5.26 Å². The quantitative estimate of drug-likeness (QED) is 0.202. The molecule has 9 rings (SSSR count). The zero-order valence-electron chi connectivity index (χ0n) is 25.5. The first kappa shape index (κ1) is 26.9. The molecule has 6 aromatic carbocycles. The Balaban J connectivity index is 1.32. The van der Waals surface area contributed by atoms with Crippen LogP contribution in [0.15, 0.2) is 170 Å². The summed E-state index contributed by atoms with van der Waals surface area (Å²) in [6, 6.07) is 61.7. The third kappa shape index (κ3) is 3.90. The average Bonchev–Trinajstić information content (AvgIpc) is 3.49. The van der Waals surface area contributed by atoms with Crippen LogP contribution in [0.25, 0.3) is 27.6 Å². The molecule has 8 aromatic rings. The molecule has 3 heterocycles. The Morgan fingerprint density at radius 2 is 0.979 bits per heavy atom. The van der Waals surface area contributed by atoms with E-state index in [2.05, 4.69) is 173 Å². The fourth-order valence-electron chi connectivity index (χ4n) is 7.60. The van der Waals surface area contributed by atoms with Crippen molar-refractivity contribution in [1.29, 1.82) is 5.26 Å². The molecule has 0 N–H and O–H groups in total.